The highest BCUT2D eigenvalue weighted by molar-refractivity contribution is 14.1. The molecular weight excluding hydrogens is 419 g/mol. The fraction of sp³-hybridized carbons (Fsp3) is 0.857. The van der Waals surface area contributed by atoms with Gasteiger partial charge in [-0.1, -0.05) is 22.6 Å². The molecule has 8 nitrogen and oxygen atoms in total. The predicted molar refractivity (Wildman–Crippen MR) is 82.2 cm³/mol. The Hall–Kier alpha value is -0.490. The first kappa shape index (κ1) is 14.8. The van der Waals surface area contributed by atoms with Gasteiger partial charge in [0, 0.05) is 11.8 Å². The number of carboxylic acids is 1. The minimum atomic E-state index is -1.08. The van der Waals surface area contributed by atoms with Crippen LogP contribution in [0.2, 0.25) is 0 Å². The van der Waals surface area contributed by atoms with Crippen molar-refractivity contribution < 1.29 is 29.3 Å². The second kappa shape index (κ2) is 4.18. The van der Waals surface area contributed by atoms with E-state index in [0.717, 1.165) is 0 Å². The van der Waals surface area contributed by atoms with Crippen LogP contribution in [0.25, 0.3) is 0 Å². The molecule has 0 aromatic heterocycles. The van der Waals surface area contributed by atoms with Crippen molar-refractivity contribution in [2.24, 2.45) is 23.7 Å². The fourth-order valence-corrected chi connectivity index (χ4v) is 5.73. The Kier molecular flexibility index (Phi) is 2.70. The molecule has 4 N–H and O–H groups in total. The van der Waals surface area contributed by atoms with E-state index in [1.54, 1.807) is 6.92 Å². The van der Waals surface area contributed by atoms with E-state index in [2.05, 4.69) is 33.2 Å². The molecule has 5 fully saturated rings. The highest BCUT2D eigenvalue weighted by Gasteiger charge is 2.81. The predicted octanol–water partition coefficient (Wildman–Crippen LogP) is -0.995. The number of aliphatic hydroxyl groups excluding tert-OH is 1. The number of rotatable bonds is 4. The van der Waals surface area contributed by atoms with Crippen molar-refractivity contribution in [2.75, 3.05) is 0 Å². The van der Waals surface area contributed by atoms with Crippen molar-refractivity contribution in [2.45, 2.75) is 47.1 Å². The van der Waals surface area contributed by atoms with E-state index in [1.165, 1.54) is 0 Å². The highest BCUT2D eigenvalue weighted by Crippen LogP contribution is 2.60. The van der Waals surface area contributed by atoms with E-state index in [-0.39, 0.29) is 41.7 Å². The number of carbonyl (C=O) groups excluding carboxylic acids is 1. The first-order chi connectivity index (χ1) is 10.8. The van der Waals surface area contributed by atoms with E-state index in [9.17, 15) is 19.8 Å². The quantitative estimate of drug-likeness (QED) is 0.191. The fourth-order valence-electron chi connectivity index (χ4n) is 4.98. The molecule has 2 aliphatic carbocycles. The Morgan fingerprint density at radius 2 is 2.04 bits per heavy atom. The maximum Gasteiger partial charge on any atom is 0.325 e. The van der Waals surface area contributed by atoms with Gasteiger partial charge in [-0.2, -0.15) is 0 Å². The molecule has 9 heteroatoms. The Balaban J connectivity index is 1.39. The zero-order valence-corrected chi connectivity index (χ0v) is 14.4. The van der Waals surface area contributed by atoms with Crippen molar-refractivity contribution in [1.82, 2.24) is 10.6 Å². The minimum Gasteiger partial charge on any atom is -0.481 e. The van der Waals surface area contributed by atoms with Crippen LogP contribution in [0.5, 0.6) is 0 Å². The molecule has 0 radical (unpaired) electrons. The average molecular weight is 436 g/mol. The van der Waals surface area contributed by atoms with Crippen LogP contribution in [-0.4, -0.2) is 55.9 Å². The number of carboxylic acid groups (broad SMARTS) is 1. The summed E-state index contributed by atoms with van der Waals surface area (Å²) in [5, 5.41) is 25.9. The van der Waals surface area contributed by atoms with E-state index >= 15 is 0 Å². The van der Waals surface area contributed by atoms with Crippen molar-refractivity contribution in [1.29, 1.82) is 0 Å². The lowest BCUT2D eigenvalue weighted by molar-refractivity contribution is -0.168. The standard InChI is InChI=1S/C14H17IN2O6/c1-13(15,14-11(16-14)17-14)12(21)23-8-3-2-4-6(5(3)9(18)19)10(20)22-7(4)8/h3-8,10-11,16-17,20H,2H2,1H3,(H,18,19). The maximum atomic E-state index is 12.7. The number of alkyl halides is 1. The third-order valence-corrected chi connectivity index (χ3v) is 7.66. The van der Waals surface area contributed by atoms with Crippen LogP contribution in [-0.2, 0) is 19.1 Å². The molecule has 5 aliphatic rings. The van der Waals surface area contributed by atoms with Gasteiger partial charge in [-0.05, 0) is 19.3 Å². The summed E-state index contributed by atoms with van der Waals surface area (Å²) in [6, 6.07) is 0. The largest absolute Gasteiger partial charge is 0.481 e. The molecule has 3 aliphatic heterocycles. The van der Waals surface area contributed by atoms with Crippen molar-refractivity contribution in [3.63, 3.8) is 0 Å². The van der Waals surface area contributed by atoms with Crippen LogP contribution >= 0.6 is 22.6 Å². The number of halogens is 1. The first-order valence-corrected chi connectivity index (χ1v) is 8.87. The normalized spacial score (nSPS) is 56.8. The Labute approximate surface area is 145 Å². The van der Waals surface area contributed by atoms with Crippen LogP contribution < -0.4 is 10.6 Å². The molecule has 2 bridgehead atoms. The molecule has 0 aromatic rings. The summed E-state index contributed by atoms with van der Waals surface area (Å²) in [5.74, 6) is -2.75. The Morgan fingerprint density at radius 1 is 1.39 bits per heavy atom. The third kappa shape index (κ3) is 1.65. The third-order valence-electron chi connectivity index (χ3n) is 6.37. The Bertz CT molecular complexity index is 620. The lowest BCUT2D eigenvalue weighted by atomic mass is 9.78. The number of hydrogen-bond acceptors (Lipinski definition) is 7. The van der Waals surface area contributed by atoms with Gasteiger partial charge in [0.1, 0.15) is 17.9 Å². The summed E-state index contributed by atoms with van der Waals surface area (Å²) >= 11 is 2.08. The molecule has 3 heterocycles. The second-order valence-corrected chi connectivity index (χ2v) is 9.56. The summed E-state index contributed by atoms with van der Waals surface area (Å²) in [4.78, 5) is 24.3. The number of carbonyl (C=O) groups is 2. The van der Waals surface area contributed by atoms with Crippen molar-refractivity contribution in [3.8, 4) is 0 Å². The van der Waals surface area contributed by atoms with E-state index in [1.807, 2.05) is 0 Å². The average Bonchev–Trinajstić information content (AvgIpc) is 3.22. The molecule has 8 unspecified atom stereocenters. The van der Waals surface area contributed by atoms with Gasteiger partial charge in [0.05, 0.1) is 12.1 Å². The van der Waals surface area contributed by atoms with Gasteiger partial charge in [0.15, 0.2) is 9.71 Å². The van der Waals surface area contributed by atoms with Crippen LogP contribution in [0.4, 0.5) is 0 Å². The second-order valence-electron chi connectivity index (χ2n) is 7.40. The molecule has 2 saturated carbocycles. The summed E-state index contributed by atoms with van der Waals surface area (Å²) in [7, 11) is 0. The smallest absolute Gasteiger partial charge is 0.325 e. The molecular formula is C14H17IN2O6. The SMILES string of the molecule is CC(I)(C(=O)OC1C2CC3C1OC(O)C3C2C(=O)O)C12NC1N2. The van der Waals surface area contributed by atoms with Gasteiger partial charge in [-0.3, -0.25) is 20.2 Å². The minimum absolute atomic E-state index is 0.0432. The lowest BCUT2D eigenvalue weighted by Crippen LogP contribution is -2.51. The molecule has 5 rings (SSSR count). The van der Waals surface area contributed by atoms with Crippen LogP contribution in [0.3, 0.4) is 0 Å². The van der Waals surface area contributed by atoms with Gasteiger partial charge in [0.2, 0.25) is 0 Å². The number of fused-ring (bicyclic) bond motifs is 2. The number of esters is 1. The van der Waals surface area contributed by atoms with E-state index in [0.29, 0.717) is 6.42 Å². The molecule has 0 spiro atoms. The monoisotopic (exact) mass is 436 g/mol. The summed E-state index contributed by atoms with van der Waals surface area (Å²) in [6.07, 6.45) is -1.27. The first-order valence-electron chi connectivity index (χ1n) is 7.79. The molecule has 0 aromatic carbocycles. The van der Waals surface area contributed by atoms with E-state index < -0.39 is 27.7 Å². The number of ether oxygens (including phenoxy) is 2. The number of nitrogens with one attached hydrogen (secondary N) is 2. The summed E-state index contributed by atoms with van der Waals surface area (Å²) in [5.41, 5.74) is -0.382. The van der Waals surface area contributed by atoms with Gasteiger partial charge in [-0.15, -0.1) is 0 Å². The van der Waals surface area contributed by atoms with Gasteiger partial charge >= 0.3 is 11.9 Å². The number of aliphatic hydroxyl groups is 1. The summed E-state index contributed by atoms with van der Waals surface area (Å²) < 4.78 is 10.5. The lowest BCUT2D eigenvalue weighted by Gasteiger charge is -2.33. The van der Waals surface area contributed by atoms with Crippen LogP contribution in [0.1, 0.15) is 13.3 Å². The maximum absolute atomic E-state index is 12.7. The van der Waals surface area contributed by atoms with Crippen LogP contribution in [0, 0.1) is 23.7 Å². The molecule has 23 heavy (non-hydrogen) atoms. The Morgan fingerprint density at radius 3 is 2.61 bits per heavy atom. The molecule has 126 valence electrons. The number of aliphatic carboxylic acids is 1. The molecule has 3 saturated heterocycles. The zero-order chi connectivity index (χ0) is 16.3. The van der Waals surface area contributed by atoms with Crippen molar-refractivity contribution >= 4 is 34.5 Å². The van der Waals surface area contributed by atoms with Gasteiger partial charge in [-0.25, -0.2) is 0 Å². The number of hydrogen-bond donors (Lipinski definition) is 4. The highest BCUT2D eigenvalue weighted by atomic mass is 127. The van der Waals surface area contributed by atoms with E-state index in [4.69, 9.17) is 9.47 Å². The molecule has 8 atom stereocenters. The van der Waals surface area contributed by atoms with Gasteiger partial charge < -0.3 is 19.7 Å². The molecule has 0 amide bonds. The van der Waals surface area contributed by atoms with Gasteiger partial charge in [0.25, 0.3) is 0 Å². The zero-order valence-electron chi connectivity index (χ0n) is 12.2. The van der Waals surface area contributed by atoms with Crippen molar-refractivity contribution in [3.05, 3.63) is 0 Å². The van der Waals surface area contributed by atoms with Crippen LogP contribution in [0.15, 0.2) is 0 Å². The topological polar surface area (TPSA) is 137 Å². The summed E-state index contributed by atoms with van der Waals surface area (Å²) in [6.45, 7) is 1.80.